The third kappa shape index (κ3) is 8.29. The van der Waals surface area contributed by atoms with Crippen LogP contribution in [0.1, 0.15) is 29.0 Å². The van der Waals surface area contributed by atoms with Crippen LogP contribution in [-0.4, -0.2) is 68.5 Å². The molecule has 7 nitrogen and oxygen atoms in total. The number of rotatable bonds is 12. The van der Waals surface area contributed by atoms with Crippen LogP contribution in [0.5, 0.6) is 5.75 Å². The van der Waals surface area contributed by atoms with Gasteiger partial charge in [-0.3, -0.25) is 0 Å². The van der Waals surface area contributed by atoms with Crippen molar-refractivity contribution in [1.29, 1.82) is 0 Å². The van der Waals surface area contributed by atoms with Gasteiger partial charge in [0.15, 0.2) is 6.79 Å². The number of hydrogen-bond donors (Lipinski definition) is 2. The van der Waals surface area contributed by atoms with Gasteiger partial charge in [0, 0.05) is 39.1 Å². The largest absolute Gasteiger partial charge is 0.467 e. The van der Waals surface area contributed by atoms with E-state index in [1.807, 2.05) is 36.4 Å². The molecule has 4 rings (SSSR count). The number of nitrogens with zero attached hydrogens (tertiary/aromatic N) is 1. The minimum Gasteiger partial charge on any atom is -0.467 e. The Kier molecular flexibility index (Phi) is 10.0. The van der Waals surface area contributed by atoms with Crippen LogP contribution in [0.4, 0.5) is 4.79 Å². The minimum atomic E-state index is -1.16. The molecule has 1 heterocycles. The lowest BCUT2D eigenvalue weighted by molar-refractivity contribution is -0.0201. The van der Waals surface area contributed by atoms with E-state index in [0.717, 1.165) is 39.3 Å². The standard InChI is InChI=1S/C31H41NO6Si/c1-39(2,3)17-16-36-22-38-29-19-24(18-26-6-4-5-7-27(26)29)21-37-30-20-32(31(34)35)14-12-28(30)25-10-8-23(9-11-25)13-15-33/h4-11,18-19,28,30,33H,12-17,20-22H2,1-3H3,(H,34,35). The summed E-state index contributed by atoms with van der Waals surface area (Å²) in [7, 11) is -1.16. The van der Waals surface area contributed by atoms with Crippen molar-refractivity contribution in [3.8, 4) is 5.75 Å². The van der Waals surface area contributed by atoms with Gasteiger partial charge in [0.25, 0.3) is 0 Å². The molecule has 8 heteroatoms. The van der Waals surface area contributed by atoms with Crippen LogP contribution in [0.15, 0.2) is 60.7 Å². The van der Waals surface area contributed by atoms with E-state index < -0.39 is 14.2 Å². The smallest absolute Gasteiger partial charge is 0.407 e. The van der Waals surface area contributed by atoms with E-state index >= 15 is 0 Å². The van der Waals surface area contributed by atoms with Crippen LogP contribution in [0.2, 0.25) is 25.7 Å². The van der Waals surface area contributed by atoms with Crippen molar-refractivity contribution in [1.82, 2.24) is 4.90 Å². The van der Waals surface area contributed by atoms with Gasteiger partial charge in [-0.25, -0.2) is 4.79 Å². The molecule has 1 amide bonds. The Morgan fingerprint density at radius 2 is 1.82 bits per heavy atom. The molecular weight excluding hydrogens is 510 g/mol. The minimum absolute atomic E-state index is 0.0831. The second-order valence-corrected chi connectivity index (χ2v) is 17.1. The molecule has 39 heavy (non-hydrogen) atoms. The maximum atomic E-state index is 11.7. The Balaban J connectivity index is 1.48. The topological polar surface area (TPSA) is 88.5 Å². The Labute approximate surface area is 232 Å². The van der Waals surface area contributed by atoms with Crippen LogP contribution in [0.25, 0.3) is 10.8 Å². The third-order valence-corrected chi connectivity index (χ3v) is 8.98. The van der Waals surface area contributed by atoms with Crippen molar-refractivity contribution in [3.63, 3.8) is 0 Å². The number of ether oxygens (including phenoxy) is 3. The number of piperidine rings is 1. The number of hydrogen-bond acceptors (Lipinski definition) is 5. The average Bonchev–Trinajstić information content (AvgIpc) is 2.91. The second-order valence-electron chi connectivity index (χ2n) is 11.5. The number of carbonyl (C=O) groups is 1. The average molecular weight is 552 g/mol. The van der Waals surface area contributed by atoms with E-state index in [2.05, 4.69) is 43.9 Å². The Bertz CT molecular complexity index is 1230. The van der Waals surface area contributed by atoms with Crippen LogP contribution < -0.4 is 4.74 Å². The van der Waals surface area contributed by atoms with Gasteiger partial charge in [0.05, 0.1) is 19.3 Å². The third-order valence-electron chi connectivity index (χ3n) is 7.28. The number of likely N-dealkylation sites (tertiary alicyclic amines) is 1. The van der Waals surface area contributed by atoms with Crippen molar-refractivity contribution in [3.05, 3.63) is 77.4 Å². The molecule has 0 bridgehead atoms. The molecule has 0 aromatic heterocycles. The van der Waals surface area contributed by atoms with E-state index in [-0.39, 0.29) is 25.4 Å². The maximum absolute atomic E-state index is 11.7. The number of benzene rings is 3. The van der Waals surface area contributed by atoms with E-state index in [1.54, 1.807) is 0 Å². The van der Waals surface area contributed by atoms with Gasteiger partial charge in [-0.05, 0) is 53.1 Å². The van der Waals surface area contributed by atoms with Gasteiger partial charge < -0.3 is 29.3 Å². The highest BCUT2D eigenvalue weighted by Crippen LogP contribution is 2.33. The van der Waals surface area contributed by atoms with E-state index in [1.165, 1.54) is 4.90 Å². The molecule has 1 saturated heterocycles. The highest BCUT2D eigenvalue weighted by Gasteiger charge is 2.33. The monoisotopic (exact) mass is 551 g/mol. The zero-order valence-corrected chi connectivity index (χ0v) is 24.3. The number of amides is 1. The summed E-state index contributed by atoms with van der Waals surface area (Å²) in [4.78, 5) is 13.2. The summed E-state index contributed by atoms with van der Waals surface area (Å²) in [5.41, 5.74) is 3.18. The molecule has 0 aliphatic carbocycles. The van der Waals surface area contributed by atoms with Crippen molar-refractivity contribution in [2.45, 2.75) is 57.2 Å². The van der Waals surface area contributed by atoms with Gasteiger partial charge in [-0.15, -0.1) is 0 Å². The van der Waals surface area contributed by atoms with Crippen LogP contribution in [0, 0.1) is 0 Å². The Morgan fingerprint density at radius 3 is 2.54 bits per heavy atom. The summed E-state index contributed by atoms with van der Waals surface area (Å²) < 4.78 is 18.3. The fourth-order valence-corrected chi connectivity index (χ4v) is 5.74. The summed E-state index contributed by atoms with van der Waals surface area (Å²) in [5.74, 6) is 0.839. The zero-order chi connectivity index (χ0) is 27.8. The van der Waals surface area contributed by atoms with Crippen molar-refractivity contribution in [2.24, 2.45) is 0 Å². The second kappa shape index (κ2) is 13.4. The molecule has 1 aliphatic rings. The van der Waals surface area contributed by atoms with Gasteiger partial charge in [0.2, 0.25) is 0 Å². The molecule has 0 spiro atoms. The molecule has 0 saturated carbocycles. The normalized spacial score (nSPS) is 17.9. The lowest BCUT2D eigenvalue weighted by Crippen LogP contribution is -2.46. The van der Waals surface area contributed by atoms with E-state index in [9.17, 15) is 15.0 Å². The van der Waals surface area contributed by atoms with Crippen molar-refractivity contribution >= 4 is 24.9 Å². The van der Waals surface area contributed by atoms with Crippen molar-refractivity contribution in [2.75, 3.05) is 33.1 Å². The number of aliphatic hydroxyl groups excluding tert-OH is 1. The molecule has 3 aromatic carbocycles. The van der Waals surface area contributed by atoms with Gasteiger partial charge in [-0.1, -0.05) is 68.2 Å². The predicted molar refractivity (Wildman–Crippen MR) is 156 cm³/mol. The first-order valence-electron chi connectivity index (χ1n) is 13.7. The summed E-state index contributed by atoms with van der Waals surface area (Å²) in [6.45, 7) is 9.13. The first-order valence-corrected chi connectivity index (χ1v) is 17.5. The number of aliphatic hydroxyl groups is 1. The predicted octanol–water partition coefficient (Wildman–Crippen LogP) is 6.12. The summed E-state index contributed by atoms with van der Waals surface area (Å²) >= 11 is 0. The molecule has 2 atom stereocenters. The SMILES string of the molecule is C[Si](C)(C)CCOCOc1cc(COC2CN(C(=O)O)CCC2c2ccc(CCO)cc2)cc2ccccc12. The van der Waals surface area contributed by atoms with E-state index in [0.29, 0.717) is 39.1 Å². The van der Waals surface area contributed by atoms with Gasteiger partial charge >= 0.3 is 6.09 Å². The Hall–Kier alpha value is -2.91. The molecular formula is C31H41NO6Si. The fraction of sp³-hybridized carbons (Fsp3) is 0.452. The molecule has 1 fully saturated rings. The molecule has 0 radical (unpaired) electrons. The number of fused-ring (bicyclic) bond motifs is 1. The van der Waals surface area contributed by atoms with Gasteiger partial charge in [0.1, 0.15) is 5.75 Å². The van der Waals surface area contributed by atoms with Crippen LogP contribution in [0.3, 0.4) is 0 Å². The quantitative estimate of drug-likeness (QED) is 0.160. The first kappa shape index (κ1) is 29.1. The van der Waals surface area contributed by atoms with Gasteiger partial charge in [-0.2, -0.15) is 0 Å². The molecule has 210 valence electrons. The highest BCUT2D eigenvalue weighted by molar-refractivity contribution is 6.76. The number of carboxylic acid groups (broad SMARTS) is 1. The van der Waals surface area contributed by atoms with Crippen LogP contribution >= 0.6 is 0 Å². The summed E-state index contributed by atoms with van der Waals surface area (Å²) in [5, 5.41) is 20.9. The Morgan fingerprint density at radius 1 is 1.05 bits per heavy atom. The summed E-state index contributed by atoms with van der Waals surface area (Å²) in [6, 6.07) is 21.5. The first-order chi connectivity index (χ1) is 18.7. The lowest BCUT2D eigenvalue weighted by Gasteiger charge is -2.37. The molecule has 2 unspecified atom stereocenters. The molecule has 1 aliphatic heterocycles. The lowest BCUT2D eigenvalue weighted by atomic mass is 9.86. The molecule has 2 N–H and O–H groups in total. The zero-order valence-electron chi connectivity index (χ0n) is 23.3. The molecule has 3 aromatic rings. The fourth-order valence-electron chi connectivity index (χ4n) is 4.98. The van der Waals surface area contributed by atoms with Crippen LogP contribution in [-0.2, 0) is 22.5 Å². The maximum Gasteiger partial charge on any atom is 0.407 e. The highest BCUT2D eigenvalue weighted by atomic mass is 28.3. The summed E-state index contributed by atoms with van der Waals surface area (Å²) in [6.07, 6.45) is 0.111. The van der Waals surface area contributed by atoms with Crippen molar-refractivity contribution < 1.29 is 29.2 Å². The van der Waals surface area contributed by atoms with E-state index in [4.69, 9.17) is 14.2 Å².